The molecule has 2 aromatic rings. The Morgan fingerprint density at radius 3 is 2.32 bits per heavy atom. The van der Waals surface area contributed by atoms with Crippen molar-refractivity contribution in [3.8, 4) is 17.1 Å². The number of carbonyl (C=O) groups is 1. The number of hydrogen-bond donors (Lipinski definition) is 2. The molecule has 0 aliphatic rings. The summed E-state index contributed by atoms with van der Waals surface area (Å²) >= 11 is 0. The summed E-state index contributed by atoms with van der Waals surface area (Å²) in [7, 11) is -1.37. The Hall–Kier alpha value is -3.32. The molecule has 13 heteroatoms. The quantitative estimate of drug-likeness (QED) is 0.184. The van der Waals surface area contributed by atoms with Crippen LogP contribution in [0.5, 0.6) is 5.88 Å². The van der Waals surface area contributed by atoms with Gasteiger partial charge in [-0.25, -0.2) is 15.0 Å². The molecule has 0 saturated heterocycles. The summed E-state index contributed by atoms with van der Waals surface area (Å²) in [6.07, 6.45) is -2.01. The Balaban J connectivity index is 2.08. The van der Waals surface area contributed by atoms with Crippen LogP contribution in [0.25, 0.3) is 11.3 Å². The van der Waals surface area contributed by atoms with Gasteiger partial charge in [-0.3, -0.25) is 9.78 Å². The number of amidine groups is 2. The first kappa shape index (κ1) is 29.9. The number of aromatic nitrogens is 2. The van der Waals surface area contributed by atoms with Crippen LogP contribution in [-0.4, -0.2) is 66.9 Å². The molecule has 0 aliphatic carbocycles. The fourth-order valence-corrected chi connectivity index (χ4v) is 3.32. The second-order valence-electron chi connectivity index (χ2n) is 10.1. The maximum absolute atomic E-state index is 13.4. The second kappa shape index (κ2) is 12.3. The van der Waals surface area contributed by atoms with E-state index >= 15 is 0 Å². The highest BCUT2D eigenvalue weighted by molar-refractivity contribution is 6.76. The third-order valence-electron chi connectivity index (χ3n) is 5.03. The molecule has 0 unspecified atom stereocenters. The van der Waals surface area contributed by atoms with Crippen molar-refractivity contribution in [2.75, 3.05) is 19.9 Å². The van der Waals surface area contributed by atoms with E-state index in [2.05, 4.69) is 39.6 Å². The maximum Gasteiger partial charge on any atom is 0.451 e. The average Bonchev–Trinajstić information content (AvgIpc) is 2.80. The van der Waals surface area contributed by atoms with E-state index in [0.717, 1.165) is 6.04 Å². The molecule has 3 N–H and O–H groups in total. The third-order valence-corrected chi connectivity index (χ3v) is 6.74. The molecule has 37 heavy (non-hydrogen) atoms. The summed E-state index contributed by atoms with van der Waals surface area (Å²) in [5.41, 5.74) is 6.01. The van der Waals surface area contributed by atoms with E-state index in [4.69, 9.17) is 20.3 Å². The van der Waals surface area contributed by atoms with Crippen molar-refractivity contribution >= 4 is 25.7 Å². The fraction of sp³-hybridized carbons (Fsp3) is 0.458. The van der Waals surface area contributed by atoms with Crippen LogP contribution in [0.3, 0.4) is 0 Å². The highest BCUT2D eigenvalue weighted by Crippen LogP contribution is 2.22. The molecule has 0 radical (unpaired) electrons. The highest BCUT2D eigenvalue weighted by Gasteiger charge is 2.36. The number of halogens is 3. The lowest BCUT2D eigenvalue weighted by atomic mass is 9.95. The van der Waals surface area contributed by atoms with E-state index in [1.807, 2.05) is 0 Å². The van der Waals surface area contributed by atoms with Gasteiger partial charge in [0.1, 0.15) is 19.2 Å². The Bertz CT molecular complexity index is 1110. The lowest BCUT2D eigenvalue weighted by Crippen LogP contribution is -2.30. The predicted octanol–water partition coefficient (Wildman–Crippen LogP) is 4.61. The van der Waals surface area contributed by atoms with E-state index < -0.39 is 38.2 Å². The number of nitrogens with zero attached hydrogens (tertiary/aromatic N) is 4. The number of aliphatic imine (C=N–C) groups is 2. The van der Waals surface area contributed by atoms with E-state index in [1.54, 1.807) is 18.2 Å². The van der Waals surface area contributed by atoms with Crippen LogP contribution in [0, 0.1) is 5.41 Å². The summed E-state index contributed by atoms with van der Waals surface area (Å²) in [4.78, 5) is 26.4. The smallest absolute Gasteiger partial charge is 0.451 e. The van der Waals surface area contributed by atoms with Gasteiger partial charge in [-0.1, -0.05) is 19.6 Å². The molecule has 0 aromatic carbocycles. The summed E-state index contributed by atoms with van der Waals surface area (Å²) in [5, 5.41) is 9.15. The minimum atomic E-state index is -4.80. The molecule has 0 amide bonds. The summed E-state index contributed by atoms with van der Waals surface area (Å²) < 4.78 is 50.8. The minimum absolute atomic E-state index is 0.0615. The van der Waals surface area contributed by atoms with Crippen LogP contribution in [0.1, 0.15) is 19.4 Å². The Kier molecular flexibility index (Phi) is 9.92. The number of hydrogen-bond acceptors (Lipinski definition) is 6. The van der Waals surface area contributed by atoms with Gasteiger partial charge in [0.2, 0.25) is 11.7 Å². The lowest BCUT2D eigenvalue weighted by Gasteiger charge is -2.18. The van der Waals surface area contributed by atoms with Crippen LogP contribution in [0.15, 0.2) is 46.6 Å². The van der Waals surface area contributed by atoms with E-state index in [1.165, 1.54) is 32.3 Å². The number of carboxylic acids is 1. The third kappa shape index (κ3) is 9.92. The standard InChI is InChI=1S/C24H32F3N5O4Si/c1-23(2,22(33)34)14-36-19-9-7-16(12-30-19)18-8-6-17(13-29-18)20(28)32-21(24(25,26)27)31-15-35-10-11-37(3,4)5/h6-9,12-13H,10-11,14-15H2,1-5H3,(H,33,34)(H2,28,31,32). The molecule has 2 heterocycles. The van der Waals surface area contributed by atoms with Crippen LogP contribution >= 0.6 is 0 Å². The summed E-state index contributed by atoms with van der Waals surface area (Å²) in [6, 6.07) is 7.09. The van der Waals surface area contributed by atoms with Crippen molar-refractivity contribution in [3.63, 3.8) is 0 Å². The largest absolute Gasteiger partial charge is 0.481 e. The molecule has 2 aromatic heterocycles. The van der Waals surface area contributed by atoms with Crippen molar-refractivity contribution in [1.29, 1.82) is 0 Å². The molecule has 0 saturated carbocycles. The molecule has 2 rings (SSSR count). The van der Waals surface area contributed by atoms with Crippen molar-refractivity contribution in [1.82, 2.24) is 9.97 Å². The topological polar surface area (TPSA) is 132 Å². The Labute approximate surface area is 214 Å². The molecule has 0 atom stereocenters. The lowest BCUT2D eigenvalue weighted by molar-refractivity contribution is -0.148. The number of ether oxygens (including phenoxy) is 2. The van der Waals surface area contributed by atoms with Crippen molar-refractivity contribution in [3.05, 3.63) is 42.2 Å². The van der Waals surface area contributed by atoms with Gasteiger partial charge in [0.25, 0.3) is 0 Å². The van der Waals surface area contributed by atoms with Crippen LogP contribution in [0.4, 0.5) is 13.2 Å². The number of aliphatic carboxylic acids is 1. The van der Waals surface area contributed by atoms with E-state index in [0.29, 0.717) is 17.9 Å². The monoisotopic (exact) mass is 539 g/mol. The van der Waals surface area contributed by atoms with Crippen molar-refractivity contribution in [2.24, 2.45) is 21.1 Å². The van der Waals surface area contributed by atoms with Gasteiger partial charge in [-0.15, -0.1) is 0 Å². The number of pyridine rings is 2. The first-order chi connectivity index (χ1) is 17.1. The second-order valence-corrected chi connectivity index (χ2v) is 15.7. The average molecular weight is 540 g/mol. The van der Waals surface area contributed by atoms with Gasteiger partial charge in [0, 0.05) is 44.3 Å². The molecular formula is C24H32F3N5O4Si. The number of alkyl halides is 3. The zero-order valence-electron chi connectivity index (χ0n) is 21.5. The summed E-state index contributed by atoms with van der Waals surface area (Å²) in [6.45, 7) is 9.29. The first-order valence-corrected chi connectivity index (χ1v) is 15.1. The van der Waals surface area contributed by atoms with Crippen molar-refractivity contribution in [2.45, 2.75) is 45.7 Å². The van der Waals surface area contributed by atoms with E-state index in [-0.39, 0.29) is 23.9 Å². The first-order valence-electron chi connectivity index (χ1n) is 11.4. The predicted molar refractivity (Wildman–Crippen MR) is 138 cm³/mol. The number of carboxylic acid groups (broad SMARTS) is 1. The van der Waals surface area contributed by atoms with Gasteiger partial charge < -0.3 is 20.3 Å². The molecular weight excluding hydrogens is 507 g/mol. The zero-order chi connectivity index (χ0) is 27.9. The maximum atomic E-state index is 13.4. The van der Waals surface area contributed by atoms with Gasteiger partial charge >= 0.3 is 12.1 Å². The molecule has 0 aliphatic heterocycles. The van der Waals surface area contributed by atoms with Crippen LogP contribution < -0.4 is 10.5 Å². The van der Waals surface area contributed by atoms with E-state index in [9.17, 15) is 18.0 Å². The molecule has 0 spiro atoms. The molecule has 202 valence electrons. The summed E-state index contributed by atoms with van der Waals surface area (Å²) in [5.74, 6) is -2.52. The molecule has 0 bridgehead atoms. The molecule has 0 fully saturated rings. The zero-order valence-corrected chi connectivity index (χ0v) is 22.5. The SMILES string of the molecule is CC(C)(COc1ccc(-c2ccc(C(N)=NC(=NCOCC[Si](C)(C)C)C(F)(F)F)cn2)cn1)C(=O)O. The highest BCUT2D eigenvalue weighted by atomic mass is 28.3. The normalized spacial score (nSPS) is 13.5. The molecule has 9 nitrogen and oxygen atoms in total. The Morgan fingerprint density at radius 2 is 1.81 bits per heavy atom. The fourth-order valence-electron chi connectivity index (χ4n) is 2.57. The number of nitrogens with two attached hydrogens (primary N) is 1. The minimum Gasteiger partial charge on any atom is -0.481 e. The van der Waals surface area contributed by atoms with Gasteiger partial charge in [0.15, 0.2) is 0 Å². The van der Waals surface area contributed by atoms with Crippen LogP contribution in [-0.2, 0) is 9.53 Å². The van der Waals surface area contributed by atoms with Gasteiger partial charge in [-0.05, 0) is 38.1 Å². The van der Waals surface area contributed by atoms with Gasteiger partial charge in [-0.2, -0.15) is 13.2 Å². The van der Waals surface area contributed by atoms with Crippen LogP contribution in [0.2, 0.25) is 25.7 Å². The van der Waals surface area contributed by atoms with Crippen molar-refractivity contribution < 1.29 is 32.5 Å². The number of rotatable bonds is 11. The Morgan fingerprint density at radius 1 is 1.11 bits per heavy atom. The van der Waals surface area contributed by atoms with Gasteiger partial charge in [0.05, 0.1) is 11.1 Å².